The number of alkyl halides is 3. The molecule has 2 rings (SSSR count). The van der Waals surface area contributed by atoms with Gasteiger partial charge in [-0.3, -0.25) is 0 Å². The van der Waals surface area contributed by atoms with Crippen molar-refractivity contribution in [2.45, 2.75) is 12.3 Å². The maximum Gasteiger partial charge on any atom is 0.416 e. The van der Waals surface area contributed by atoms with E-state index in [4.69, 9.17) is 5.11 Å². The SMILES string of the molecule is O=C(O)C(O)c1ccc(-c2ccccc2)cc1C(F)(F)F. The van der Waals surface area contributed by atoms with Crippen LogP contribution in [0.2, 0.25) is 0 Å². The Morgan fingerprint density at radius 1 is 1.00 bits per heavy atom. The molecular formula is C15H11F3O3. The molecule has 0 heterocycles. The summed E-state index contributed by atoms with van der Waals surface area (Å²) in [7, 11) is 0. The van der Waals surface area contributed by atoms with Gasteiger partial charge in [0.25, 0.3) is 0 Å². The van der Waals surface area contributed by atoms with Gasteiger partial charge < -0.3 is 10.2 Å². The summed E-state index contributed by atoms with van der Waals surface area (Å²) >= 11 is 0. The lowest BCUT2D eigenvalue weighted by atomic mass is 9.96. The van der Waals surface area contributed by atoms with E-state index in [0.717, 1.165) is 12.1 Å². The average molecular weight is 296 g/mol. The molecule has 0 radical (unpaired) electrons. The van der Waals surface area contributed by atoms with Gasteiger partial charge in [-0.1, -0.05) is 42.5 Å². The van der Waals surface area contributed by atoms with Crippen LogP contribution < -0.4 is 0 Å². The Kier molecular flexibility index (Phi) is 3.99. The van der Waals surface area contributed by atoms with Crippen molar-refractivity contribution in [2.24, 2.45) is 0 Å². The van der Waals surface area contributed by atoms with Crippen LogP contribution in [0.4, 0.5) is 13.2 Å². The number of aliphatic hydroxyl groups is 1. The number of carboxylic acids is 1. The standard InChI is InChI=1S/C15H11F3O3/c16-15(17,18)12-8-10(9-4-2-1-3-5-9)6-7-11(12)13(19)14(20)21/h1-8,13,19H,(H,20,21). The van der Waals surface area contributed by atoms with E-state index < -0.39 is 29.4 Å². The number of halogens is 3. The first-order valence-corrected chi connectivity index (χ1v) is 5.98. The molecule has 110 valence electrons. The van der Waals surface area contributed by atoms with Crippen LogP contribution in [-0.4, -0.2) is 16.2 Å². The zero-order valence-corrected chi connectivity index (χ0v) is 10.6. The summed E-state index contributed by atoms with van der Waals surface area (Å²) in [6.45, 7) is 0. The first-order valence-electron chi connectivity index (χ1n) is 5.98. The molecule has 1 atom stereocenters. The van der Waals surface area contributed by atoms with Crippen molar-refractivity contribution >= 4 is 5.97 Å². The number of hydrogen-bond acceptors (Lipinski definition) is 2. The Morgan fingerprint density at radius 2 is 1.62 bits per heavy atom. The highest BCUT2D eigenvalue weighted by molar-refractivity contribution is 5.76. The molecule has 3 nitrogen and oxygen atoms in total. The van der Waals surface area contributed by atoms with E-state index in [-0.39, 0.29) is 0 Å². The van der Waals surface area contributed by atoms with E-state index in [0.29, 0.717) is 11.1 Å². The minimum absolute atomic E-state index is 0.296. The molecule has 0 spiro atoms. The van der Waals surface area contributed by atoms with Crippen LogP contribution in [0.15, 0.2) is 48.5 Å². The predicted molar refractivity (Wildman–Crippen MR) is 69.5 cm³/mol. The summed E-state index contributed by atoms with van der Waals surface area (Å²) in [6, 6.07) is 11.6. The molecular weight excluding hydrogens is 285 g/mol. The van der Waals surface area contributed by atoms with Crippen molar-refractivity contribution in [2.75, 3.05) is 0 Å². The lowest BCUT2D eigenvalue weighted by Crippen LogP contribution is -2.17. The maximum absolute atomic E-state index is 13.1. The molecule has 2 aromatic rings. The summed E-state index contributed by atoms with van der Waals surface area (Å²) in [4.78, 5) is 10.7. The molecule has 0 amide bonds. The second-order valence-electron chi connectivity index (χ2n) is 4.41. The first kappa shape index (κ1) is 15.1. The Balaban J connectivity index is 2.58. The normalized spacial score (nSPS) is 13.0. The molecule has 0 saturated carbocycles. The first-order chi connectivity index (χ1) is 9.80. The third kappa shape index (κ3) is 3.22. The van der Waals surface area contributed by atoms with Crippen molar-refractivity contribution in [3.8, 4) is 11.1 Å². The molecule has 21 heavy (non-hydrogen) atoms. The van der Waals surface area contributed by atoms with E-state index in [1.54, 1.807) is 30.3 Å². The molecule has 0 saturated heterocycles. The van der Waals surface area contributed by atoms with Gasteiger partial charge in [-0.05, 0) is 17.2 Å². The van der Waals surface area contributed by atoms with Crippen LogP contribution in [0.5, 0.6) is 0 Å². The van der Waals surface area contributed by atoms with Gasteiger partial charge in [0.2, 0.25) is 0 Å². The van der Waals surface area contributed by atoms with Gasteiger partial charge in [-0.15, -0.1) is 0 Å². The second-order valence-corrected chi connectivity index (χ2v) is 4.41. The summed E-state index contributed by atoms with van der Waals surface area (Å²) < 4.78 is 39.2. The molecule has 2 N–H and O–H groups in total. The summed E-state index contributed by atoms with van der Waals surface area (Å²) in [6.07, 6.45) is -6.97. The van der Waals surface area contributed by atoms with Crippen molar-refractivity contribution in [3.05, 3.63) is 59.7 Å². The molecule has 0 aliphatic rings. The number of carbonyl (C=O) groups is 1. The number of rotatable bonds is 3. The van der Waals surface area contributed by atoms with Gasteiger partial charge in [-0.25, -0.2) is 4.79 Å². The Morgan fingerprint density at radius 3 is 2.14 bits per heavy atom. The molecule has 0 aliphatic heterocycles. The summed E-state index contributed by atoms with van der Waals surface area (Å²) in [5.74, 6) is -1.73. The molecule has 0 aliphatic carbocycles. The van der Waals surface area contributed by atoms with Gasteiger partial charge >= 0.3 is 12.1 Å². The summed E-state index contributed by atoms with van der Waals surface area (Å²) in [5, 5.41) is 18.1. The Labute approximate surface area is 118 Å². The Bertz CT molecular complexity index is 651. The van der Waals surface area contributed by atoms with Crippen LogP contribution in [-0.2, 0) is 11.0 Å². The summed E-state index contributed by atoms with van der Waals surface area (Å²) in [5.41, 5.74) is -0.961. The van der Waals surface area contributed by atoms with E-state index in [1.165, 1.54) is 6.07 Å². The van der Waals surface area contributed by atoms with Crippen LogP contribution in [0.25, 0.3) is 11.1 Å². The molecule has 0 fully saturated rings. The minimum atomic E-state index is -4.75. The highest BCUT2D eigenvalue weighted by Gasteiger charge is 2.36. The van der Waals surface area contributed by atoms with Crippen molar-refractivity contribution in [1.29, 1.82) is 0 Å². The fourth-order valence-electron chi connectivity index (χ4n) is 1.98. The smallest absolute Gasteiger partial charge is 0.416 e. The molecule has 1 unspecified atom stereocenters. The fourth-order valence-corrected chi connectivity index (χ4v) is 1.98. The van der Waals surface area contributed by atoms with Crippen LogP contribution >= 0.6 is 0 Å². The maximum atomic E-state index is 13.1. The largest absolute Gasteiger partial charge is 0.479 e. The highest BCUT2D eigenvalue weighted by atomic mass is 19.4. The molecule has 2 aromatic carbocycles. The lowest BCUT2D eigenvalue weighted by Gasteiger charge is -2.16. The van der Waals surface area contributed by atoms with Gasteiger partial charge in [0.1, 0.15) is 0 Å². The fraction of sp³-hybridized carbons (Fsp3) is 0.133. The highest BCUT2D eigenvalue weighted by Crippen LogP contribution is 2.37. The molecule has 6 heteroatoms. The van der Waals surface area contributed by atoms with Crippen molar-refractivity contribution < 1.29 is 28.2 Å². The van der Waals surface area contributed by atoms with Gasteiger partial charge in [-0.2, -0.15) is 13.2 Å². The van der Waals surface area contributed by atoms with E-state index in [9.17, 15) is 23.1 Å². The zero-order chi connectivity index (χ0) is 15.6. The van der Waals surface area contributed by atoms with Gasteiger partial charge in [0.15, 0.2) is 6.10 Å². The number of carboxylic acid groups (broad SMARTS) is 1. The third-order valence-electron chi connectivity index (χ3n) is 2.99. The third-order valence-corrected chi connectivity index (χ3v) is 2.99. The van der Waals surface area contributed by atoms with E-state index in [1.807, 2.05) is 0 Å². The second kappa shape index (κ2) is 5.57. The average Bonchev–Trinajstić information content (AvgIpc) is 2.46. The van der Waals surface area contributed by atoms with Crippen LogP contribution in [0.1, 0.15) is 17.2 Å². The van der Waals surface area contributed by atoms with E-state index >= 15 is 0 Å². The molecule has 0 bridgehead atoms. The zero-order valence-electron chi connectivity index (χ0n) is 10.6. The minimum Gasteiger partial charge on any atom is -0.479 e. The monoisotopic (exact) mass is 296 g/mol. The van der Waals surface area contributed by atoms with E-state index in [2.05, 4.69) is 0 Å². The van der Waals surface area contributed by atoms with Gasteiger partial charge in [0, 0.05) is 5.56 Å². The number of aliphatic carboxylic acids is 1. The van der Waals surface area contributed by atoms with Gasteiger partial charge in [0.05, 0.1) is 5.56 Å². The van der Waals surface area contributed by atoms with Crippen LogP contribution in [0, 0.1) is 0 Å². The number of hydrogen-bond donors (Lipinski definition) is 2. The topological polar surface area (TPSA) is 57.5 Å². The molecule has 0 aromatic heterocycles. The number of benzene rings is 2. The Hall–Kier alpha value is -2.34. The van der Waals surface area contributed by atoms with Crippen LogP contribution in [0.3, 0.4) is 0 Å². The lowest BCUT2D eigenvalue weighted by molar-refractivity contribution is -0.149. The van der Waals surface area contributed by atoms with Crippen molar-refractivity contribution in [3.63, 3.8) is 0 Å². The quantitative estimate of drug-likeness (QED) is 0.911. The van der Waals surface area contributed by atoms with Crippen molar-refractivity contribution in [1.82, 2.24) is 0 Å². The number of aliphatic hydroxyl groups excluding tert-OH is 1. The predicted octanol–water partition coefficient (Wildman–Crippen LogP) is 3.49.